The van der Waals surface area contributed by atoms with E-state index in [9.17, 15) is 9.90 Å². The molecule has 19 heavy (non-hydrogen) atoms. The average Bonchev–Trinajstić information content (AvgIpc) is 2.84. The van der Waals surface area contributed by atoms with Gasteiger partial charge in [0.15, 0.2) is 0 Å². The Morgan fingerprint density at radius 3 is 2.95 bits per heavy atom. The Morgan fingerprint density at radius 2 is 2.32 bits per heavy atom. The smallest absolute Gasteiger partial charge is 0.227 e. The molecule has 0 aromatic heterocycles. The predicted molar refractivity (Wildman–Crippen MR) is 75.0 cm³/mol. The molecule has 2 rings (SSSR count). The Morgan fingerprint density at radius 1 is 1.58 bits per heavy atom. The van der Waals surface area contributed by atoms with Gasteiger partial charge in [-0.05, 0) is 26.0 Å². The molecule has 0 radical (unpaired) electrons. The summed E-state index contributed by atoms with van der Waals surface area (Å²) in [7, 11) is 0. The zero-order valence-corrected chi connectivity index (χ0v) is 11.7. The van der Waals surface area contributed by atoms with E-state index in [-0.39, 0.29) is 17.9 Å². The van der Waals surface area contributed by atoms with Gasteiger partial charge < -0.3 is 15.7 Å². The number of carbonyl (C=O) groups excluding carboxylic acids is 1. The van der Waals surface area contributed by atoms with E-state index in [0.29, 0.717) is 17.1 Å². The van der Waals surface area contributed by atoms with Crippen LogP contribution in [0.4, 0.5) is 0 Å². The number of amides is 1. The zero-order valence-electron chi connectivity index (χ0n) is 10.9. The third-order valence-electron chi connectivity index (χ3n) is 3.64. The van der Waals surface area contributed by atoms with E-state index in [2.05, 4.69) is 10.6 Å². The monoisotopic (exact) mass is 282 g/mol. The number of rotatable bonds is 4. The molecule has 0 spiro atoms. The van der Waals surface area contributed by atoms with Gasteiger partial charge in [-0.2, -0.15) is 0 Å². The number of halogens is 1. The van der Waals surface area contributed by atoms with Crippen molar-refractivity contribution in [2.75, 3.05) is 19.6 Å². The number of nitrogens with one attached hydrogen (secondary N) is 2. The van der Waals surface area contributed by atoms with Gasteiger partial charge in [0.25, 0.3) is 0 Å². The maximum absolute atomic E-state index is 12.1. The topological polar surface area (TPSA) is 61.4 Å². The van der Waals surface area contributed by atoms with E-state index in [4.69, 9.17) is 11.6 Å². The van der Waals surface area contributed by atoms with Crippen molar-refractivity contribution in [3.8, 4) is 0 Å². The Hall–Kier alpha value is -1.10. The van der Waals surface area contributed by atoms with E-state index in [1.165, 1.54) is 0 Å². The van der Waals surface area contributed by atoms with Crippen LogP contribution in [0.3, 0.4) is 0 Å². The second kappa shape index (κ2) is 5.90. The predicted octanol–water partition coefficient (Wildman–Crippen LogP) is 1.49. The lowest BCUT2D eigenvalue weighted by molar-refractivity contribution is -0.129. The second-order valence-corrected chi connectivity index (χ2v) is 5.64. The summed E-state index contributed by atoms with van der Waals surface area (Å²) in [6.07, 6.45) is 0.0386. The summed E-state index contributed by atoms with van der Waals surface area (Å²) < 4.78 is 0. The fraction of sp³-hybridized carbons (Fsp3) is 0.500. The molecule has 0 unspecified atom stereocenters. The average molecular weight is 283 g/mol. The Kier molecular flexibility index (Phi) is 4.45. The van der Waals surface area contributed by atoms with Gasteiger partial charge >= 0.3 is 0 Å². The maximum Gasteiger partial charge on any atom is 0.227 e. The highest BCUT2D eigenvalue weighted by Crippen LogP contribution is 2.25. The third-order valence-corrected chi connectivity index (χ3v) is 3.98. The number of carbonyl (C=O) groups is 1. The molecule has 104 valence electrons. The quantitative estimate of drug-likeness (QED) is 0.784. The van der Waals surface area contributed by atoms with Crippen LogP contribution in [-0.4, -0.2) is 30.6 Å². The molecule has 1 aliphatic rings. The molecule has 5 heteroatoms. The van der Waals surface area contributed by atoms with Gasteiger partial charge in [-0.25, -0.2) is 0 Å². The first-order valence-electron chi connectivity index (χ1n) is 6.44. The van der Waals surface area contributed by atoms with Gasteiger partial charge in [0, 0.05) is 23.7 Å². The van der Waals surface area contributed by atoms with Crippen LogP contribution in [0.1, 0.15) is 25.0 Å². The highest BCUT2D eigenvalue weighted by molar-refractivity contribution is 6.31. The summed E-state index contributed by atoms with van der Waals surface area (Å²) in [5, 5.41) is 16.6. The van der Waals surface area contributed by atoms with E-state index < -0.39 is 6.10 Å². The molecular formula is C14H19ClN2O2. The van der Waals surface area contributed by atoms with Crippen LogP contribution in [-0.2, 0) is 4.79 Å². The molecule has 1 fully saturated rings. The number of aliphatic hydroxyl groups excluding tert-OH is 1. The van der Waals surface area contributed by atoms with E-state index >= 15 is 0 Å². The van der Waals surface area contributed by atoms with Gasteiger partial charge in [-0.15, -0.1) is 0 Å². The molecule has 0 bridgehead atoms. The third kappa shape index (κ3) is 3.26. The minimum Gasteiger partial charge on any atom is -0.387 e. The first-order chi connectivity index (χ1) is 9.03. The summed E-state index contributed by atoms with van der Waals surface area (Å²) >= 11 is 6.01. The largest absolute Gasteiger partial charge is 0.387 e. The number of hydrogen-bond acceptors (Lipinski definition) is 3. The molecular weight excluding hydrogens is 264 g/mol. The van der Waals surface area contributed by atoms with Gasteiger partial charge in [-0.1, -0.05) is 29.8 Å². The lowest BCUT2D eigenvalue weighted by atomic mass is 9.89. The highest BCUT2D eigenvalue weighted by atomic mass is 35.5. The zero-order chi connectivity index (χ0) is 13.9. The molecule has 4 nitrogen and oxygen atoms in total. The summed E-state index contributed by atoms with van der Waals surface area (Å²) in [6.45, 7) is 3.65. The summed E-state index contributed by atoms with van der Waals surface area (Å²) in [4.78, 5) is 12.1. The molecule has 1 amide bonds. The van der Waals surface area contributed by atoms with Crippen molar-refractivity contribution in [1.82, 2.24) is 10.6 Å². The van der Waals surface area contributed by atoms with Crippen LogP contribution in [0.2, 0.25) is 5.02 Å². The van der Waals surface area contributed by atoms with E-state index in [1.807, 2.05) is 19.1 Å². The van der Waals surface area contributed by atoms with Crippen molar-refractivity contribution in [3.05, 3.63) is 34.9 Å². The SMILES string of the molecule is C[C@]1(C(=O)NC[C@@H](O)c2ccccc2Cl)CCNC1. The Balaban J connectivity index is 1.92. The van der Waals surface area contributed by atoms with Crippen LogP contribution in [0.5, 0.6) is 0 Å². The molecule has 0 aliphatic carbocycles. The van der Waals surface area contributed by atoms with Crippen LogP contribution in [0.15, 0.2) is 24.3 Å². The molecule has 1 aromatic carbocycles. The van der Waals surface area contributed by atoms with Crippen molar-refractivity contribution in [2.24, 2.45) is 5.41 Å². The lowest BCUT2D eigenvalue weighted by Gasteiger charge is -2.23. The van der Waals surface area contributed by atoms with Crippen molar-refractivity contribution in [2.45, 2.75) is 19.4 Å². The van der Waals surface area contributed by atoms with Crippen molar-refractivity contribution in [1.29, 1.82) is 0 Å². The summed E-state index contributed by atoms with van der Waals surface area (Å²) in [5.41, 5.74) is 0.263. The van der Waals surface area contributed by atoms with Crippen LogP contribution >= 0.6 is 11.6 Å². The van der Waals surface area contributed by atoms with Crippen LogP contribution in [0.25, 0.3) is 0 Å². The lowest BCUT2D eigenvalue weighted by Crippen LogP contribution is -2.42. The maximum atomic E-state index is 12.1. The minimum absolute atomic E-state index is 0.0244. The molecule has 3 N–H and O–H groups in total. The van der Waals surface area contributed by atoms with E-state index in [0.717, 1.165) is 13.0 Å². The Bertz CT molecular complexity index is 459. The highest BCUT2D eigenvalue weighted by Gasteiger charge is 2.36. The fourth-order valence-corrected chi connectivity index (χ4v) is 2.53. The van der Waals surface area contributed by atoms with Crippen molar-refractivity contribution >= 4 is 17.5 Å². The number of benzene rings is 1. The minimum atomic E-state index is -0.782. The first-order valence-corrected chi connectivity index (χ1v) is 6.82. The molecule has 0 saturated carbocycles. The van der Waals surface area contributed by atoms with E-state index in [1.54, 1.807) is 12.1 Å². The summed E-state index contributed by atoms with van der Waals surface area (Å²) in [5.74, 6) is -0.0244. The molecule has 1 heterocycles. The molecule has 1 saturated heterocycles. The van der Waals surface area contributed by atoms with Crippen LogP contribution < -0.4 is 10.6 Å². The van der Waals surface area contributed by atoms with Gasteiger partial charge in [0.05, 0.1) is 11.5 Å². The summed E-state index contributed by atoms with van der Waals surface area (Å²) in [6, 6.07) is 7.11. The van der Waals surface area contributed by atoms with Gasteiger partial charge in [0.2, 0.25) is 5.91 Å². The fourth-order valence-electron chi connectivity index (χ4n) is 2.27. The number of hydrogen-bond donors (Lipinski definition) is 3. The normalized spacial score (nSPS) is 24.2. The Labute approximate surface area is 118 Å². The first kappa shape index (κ1) is 14.3. The number of aliphatic hydroxyl groups is 1. The molecule has 2 atom stereocenters. The molecule has 1 aromatic rings. The standard InChI is InChI=1S/C14H19ClN2O2/c1-14(6-7-16-9-14)13(19)17-8-12(18)10-4-2-3-5-11(10)15/h2-5,12,16,18H,6-9H2,1H3,(H,17,19)/t12-,14+/m1/s1. The second-order valence-electron chi connectivity index (χ2n) is 5.23. The van der Waals surface area contributed by atoms with Gasteiger partial charge in [0.1, 0.15) is 0 Å². The molecule has 1 aliphatic heterocycles. The van der Waals surface area contributed by atoms with Gasteiger partial charge in [-0.3, -0.25) is 4.79 Å². The van der Waals surface area contributed by atoms with Crippen molar-refractivity contribution < 1.29 is 9.90 Å². The van der Waals surface area contributed by atoms with Crippen LogP contribution in [0, 0.1) is 5.41 Å². The van der Waals surface area contributed by atoms with Crippen molar-refractivity contribution in [3.63, 3.8) is 0 Å².